The molecule has 0 amide bonds. The van der Waals surface area contributed by atoms with Gasteiger partial charge in [0.2, 0.25) is 0 Å². The molecule has 3 atom stereocenters. The predicted octanol–water partition coefficient (Wildman–Crippen LogP) is 1.26. The zero-order valence-corrected chi connectivity index (χ0v) is 10.8. The summed E-state index contributed by atoms with van der Waals surface area (Å²) in [4.78, 5) is 0. The molecule has 4 nitrogen and oxygen atoms in total. The van der Waals surface area contributed by atoms with Crippen molar-refractivity contribution in [2.24, 2.45) is 11.7 Å². The number of hydrogen-bond donors (Lipinski definition) is 2. The molecule has 5 heteroatoms. The van der Waals surface area contributed by atoms with Crippen molar-refractivity contribution in [2.75, 3.05) is 19.1 Å². The smallest absolute Gasteiger partial charge is 0.163 e. The normalized spacial score (nSPS) is 22.3. The molecule has 0 spiro atoms. The van der Waals surface area contributed by atoms with Gasteiger partial charge in [0.15, 0.2) is 6.29 Å². The number of aliphatic hydroxyl groups is 1. The molecule has 0 aromatic heterocycles. The summed E-state index contributed by atoms with van der Waals surface area (Å²) in [5.74, 6) is 0.511. The summed E-state index contributed by atoms with van der Waals surface area (Å²) in [7, 11) is 0. The molecule has 1 heterocycles. The van der Waals surface area contributed by atoms with Crippen LogP contribution in [0.15, 0.2) is 12.7 Å². The van der Waals surface area contributed by atoms with Crippen molar-refractivity contribution < 1.29 is 14.6 Å². The van der Waals surface area contributed by atoms with E-state index in [9.17, 15) is 5.11 Å². The molecule has 0 bridgehead atoms. The largest absolute Gasteiger partial charge is 0.391 e. The molecule has 0 saturated carbocycles. The van der Waals surface area contributed by atoms with Gasteiger partial charge in [-0.3, -0.25) is 0 Å². The Balaban J connectivity index is 2.53. The summed E-state index contributed by atoms with van der Waals surface area (Å²) >= 11 is 5.65. The van der Waals surface area contributed by atoms with Crippen molar-refractivity contribution >= 4 is 11.6 Å². The summed E-state index contributed by atoms with van der Waals surface area (Å²) < 4.78 is 10.9. The quantitative estimate of drug-likeness (QED) is 0.393. The van der Waals surface area contributed by atoms with E-state index in [-0.39, 0.29) is 12.2 Å². The van der Waals surface area contributed by atoms with E-state index in [4.69, 9.17) is 26.8 Å². The van der Waals surface area contributed by atoms with E-state index >= 15 is 0 Å². The van der Waals surface area contributed by atoms with Gasteiger partial charge in [0.1, 0.15) is 0 Å². The molecular formula is C12H22ClNO3. The van der Waals surface area contributed by atoms with E-state index in [0.29, 0.717) is 19.1 Å². The highest BCUT2D eigenvalue weighted by Gasteiger charge is 2.34. The second-order valence-corrected chi connectivity index (χ2v) is 4.64. The monoisotopic (exact) mass is 263 g/mol. The standard InChI is InChI=1S/C12H22ClNO3/c1-2-10(14)11(15)9(5-3-4-6-13)12-16-7-8-17-12/h2,9-12,15H,1,3-8,14H2/t9?,10-,11-/m0/s1. The van der Waals surface area contributed by atoms with Crippen molar-refractivity contribution in [1.29, 1.82) is 0 Å². The maximum absolute atomic E-state index is 10.1. The average molecular weight is 264 g/mol. The summed E-state index contributed by atoms with van der Waals surface area (Å²) in [6, 6.07) is -0.455. The van der Waals surface area contributed by atoms with Crippen LogP contribution in [0, 0.1) is 5.92 Å². The summed E-state index contributed by atoms with van der Waals surface area (Å²) in [6.45, 7) is 4.75. The van der Waals surface area contributed by atoms with E-state index < -0.39 is 12.1 Å². The van der Waals surface area contributed by atoms with Crippen LogP contribution in [0.3, 0.4) is 0 Å². The Labute approximate surface area is 108 Å². The van der Waals surface area contributed by atoms with Gasteiger partial charge in [-0.05, 0) is 12.8 Å². The van der Waals surface area contributed by atoms with Gasteiger partial charge in [-0.15, -0.1) is 18.2 Å². The Kier molecular flexibility index (Phi) is 7.08. The lowest BCUT2D eigenvalue weighted by Gasteiger charge is -2.29. The molecule has 1 rings (SSSR count). The lowest BCUT2D eigenvalue weighted by molar-refractivity contribution is -0.121. The SMILES string of the molecule is C=C[C@H](N)[C@@H](O)C(CCCCCl)C1OCCO1. The highest BCUT2D eigenvalue weighted by Crippen LogP contribution is 2.25. The van der Waals surface area contributed by atoms with Crippen molar-refractivity contribution in [2.45, 2.75) is 37.7 Å². The average Bonchev–Trinajstić information content (AvgIpc) is 2.86. The molecule has 0 radical (unpaired) electrons. The van der Waals surface area contributed by atoms with Crippen LogP contribution in [0.4, 0.5) is 0 Å². The molecule has 1 unspecified atom stereocenters. The Morgan fingerprint density at radius 3 is 2.59 bits per heavy atom. The minimum atomic E-state index is -0.689. The molecule has 100 valence electrons. The topological polar surface area (TPSA) is 64.7 Å². The number of ether oxygens (including phenoxy) is 2. The van der Waals surface area contributed by atoms with Gasteiger partial charge in [0.05, 0.1) is 19.3 Å². The van der Waals surface area contributed by atoms with Crippen LogP contribution in [-0.2, 0) is 9.47 Å². The van der Waals surface area contributed by atoms with E-state index in [1.54, 1.807) is 6.08 Å². The van der Waals surface area contributed by atoms with Crippen LogP contribution in [-0.4, -0.2) is 42.6 Å². The van der Waals surface area contributed by atoms with Gasteiger partial charge in [-0.1, -0.05) is 12.5 Å². The molecular weight excluding hydrogens is 242 g/mol. The molecule has 3 N–H and O–H groups in total. The van der Waals surface area contributed by atoms with Gasteiger partial charge in [0, 0.05) is 17.8 Å². The maximum atomic E-state index is 10.1. The second kappa shape index (κ2) is 8.06. The third-order valence-electron chi connectivity index (χ3n) is 3.02. The Morgan fingerprint density at radius 2 is 2.06 bits per heavy atom. The number of rotatable bonds is 8. The second-order valence-electron chi connectivity index (χ2n) is 4.26. The van der Waals surface area contributed by atoms with Gasteiger partial charge in [0.25, 0.3) is 0 Å². The van der Waals surface area contributed by atoms with Gasteiger partial charge in [-0.25, -0.2) is 0 Å². The lowest BCUT2D eigenvalue weighted by atomic mass is 9.91. The number of hydrogen-bond acceptors (Lipinski definition) is 4. The number of aliphatic hydroxyl groups excluding tert-OH is 1. The number of unbranched alkanes of at least 4 members (excludes halogenated alkanes) is 1. The summed E-state index contributed by atoms with van der Waals surface area (Å²) in [5.41, 5.74) is 5.78. The maximum Gasteiger partial charge on any atom is 0.163 e. The van der Waals surface area contributed by atoms with E-state index in [1.807, 2.05) is 0 Å². The van der Waals surface area contributed by atoms with Crippen molar-refractivity contribution in [1.82, 2.24) is 0 Å². The van der Waals surface area contributed by atoms with Crippen molar-refractivity contribution in [3.8, 4) is 0 Å². The summed E-state index contributed by atoms with van der Waals surface area (Å²) in [5, 5.41) is 10.1. The Hall–Kier alpha value is -0.130. The first-order valence-electron chi connectivity index (χ1n) is 6.06. The van der Waals surface area contributed by atoms with Crippen molar-refractivity contribution in [3.05, 3.63) is 12.7 Å². The number of nitrogens with two attached hydrogens (primary N) is 1. The minimum absolute atomic E-state index is 0.117. The number of halogens is 1. The molecule has 1 fully saturated rings. The van der Waals surface area contributed by atoms with E-state index in [0.717, 1.165) is 19.3 Å². The molecule has 1 saturated heterocycles. The third kappa shape index (κ3) is 4.56. The fourth-order valence-corrected chi connectivity index (χ4v) is 2.18. The highest BCUT2D eigenvalue weighted by atomic mass is 35.5. The number of alkyl halides is 1. The zero-order valence-electron chi connectivity index (χ0n) is 10.1. The van der Waals surface area contributed by atoms with Crippen LogP contribution in [0.5, 0.6) is 0 Å². The fraction of sp³-hybridized carbons (Fsp3) is 0.833. The van der Waals surface area contributed by atoms with Crippen LogP contribution in [0.1, 0.15) is 19.3 Å². The first-order chi connectivity index (χ1) is 8.20. The van der Waals surface area contributed by atoms with Crippen LogP contribution in [0.25, 0.3) is 0 Å². The van der Waals surface area contributed by atoms with Crippen LogP contribution in [0.2, 0.25) is 0 Å². The third-order valence-corrected chi connectivity index (χ3v) is 3.29. The first-order valence-corrected chi connectivity index (χ1v) is 6.59. The Bertz CT molecular complexity index is 222. The predicted molar refractivity (Wildman–Crippen MR) is 67.9 cm³/mol. The molecule has 0 aromatic carbocycles. The van der Waals surface area contributed by atoms with Gasteiger partial charge < -0.3 is 20.3 Å². The van der Waals surface area contributed by atoms with Crippen LogP contribution < -0.4 is 5.73 Å². The molecule has 1 aliphatic rings. The minimum Gasteiger partial charge on any atom is -0.391 e. The van der Waals surface area contributed by atoms with Gasteiger partial charge >= 0.3 is 0 Å². The summed E-state index contributed by atoms with van der Waals surface area (Å²) in [6.07, 6.45) is 3.14. The molecule has 0 aliphatic carbocycles. The first kappa shape index (κ1) is 14.9. The lowest BCUT2D eigenvalue weighted by Crippen LogP contribution is -2.43. The van der Waals surface area contributed by atoms with Crippen molar-refractivity contribution in [3.63, 3.8) is 0 Å². The molecule has 17 heavy (non-hydrogen) atoms. The van der Waals surface area contributed by atoms with Crippen LogP contribution >= 0.6 is 11.6 Å². The Morgan fingerprint density at radius 1 is 1.41 bits per heavy atom. The highest BCUT2D eigenvalue weighted by molar-refractivity contribution is 6.17. The molecule has 0 aromatic rings. The molecule has 1 aliphatic heterocycles. The zero-order chi connectivity index (χ0) is 12.7. The van der Waals surface area contributed by atoms with Gasteiger partial charge in [-0.2, -0.15) is 0 Å². The fourth-order valence-electron chi connectivity index (χ4n) is 1.99. The van der Waals surface area contributed by atoms with E-state index in [2.05, 4.69) is 6.58 Å². The van der Waals surface area contributed by atoms with E-state index in [1.165, 1.54) is 0 Å².